The molecule has 0 saturated carbocycles. The number of aliphatic hydroxyl groups is 27. The Morgan fingerprint density at radius 3 is 0.869 bits per heavy atom. The Balaban J connectivity index is 1.01. The first-order valence-electron chi connectivity index (χ1n) is 39.0. The van der Waals surface area contributed by atoms with Gasteiger partial charge in [-0.05, 0) is 6.92 Å². The van der Waals surface area contributed by atoms with Gasteiger partial charge in [0.25, 0.3) is 0 Å². The van der Waals surface area contributed by atoms with Crippen molar-refractivity contribution >= 4 is 23.6 Å². The molecule has 10 aliphatic heterocycles. The van der Waals surface area contributed by atoms with Crippen LogP contribution in [0.4, 0.5) is 0 Å². The Hall–Kier alpha value is -3.96. The number of carbonyl (C=O) groups excluding carboxylic acids is 4. The number of hydrogen-bond donors (Lipinski definition) is 31. The van der Waals surface area contributed by atoms with Crippen LogP contribution in [0, 0.1) is 0 Å². The Morgan fingerprint density at radius 1 is 0.230 bits per heavy atom. The third-order valence-electron chi connectivity index (χ3n) is 22.4. The summed E-state index contributed by atoms with van der Waals surface area (Å²) in [4.78, 5) is 52.0. The average Bonchev–Trinajstić information content (AvgIpc) is 0.756. The van der Waals surface area contributed by atoms with E-state index < -0.39 is 390 Å². The standard InChI is InChI=1S/C68H114N4O50/c1-15-33(84)42(93)46(97)63(106-15)105-14-28-56(38(89)29(59(103)107-28)69-16(2)80)117-61-31(71-18(4)82)40(91)54(25(11-78)112-61)120-67-51(102)57(37(88)27(115-67)13-104-64-47(98)43(94)34(85)20(6-73)108-64)121-68-58(122-62-32(72-19(5)83)41(92)53(24(10-77)113-62)119-66-49(100)45(96)36(87)22(8-75)110-66)50(101)55(26(12-79)114-68)116-60-30(70-17(3)81)39(90)52(23(9-76)111-60)118-65-48(99)44(95)35(86)21(7-74)109-65/h15,20-68,73-79,84-103H,6-14H2,1-5H3,(H,69,80)(H,70,81)(H,71,82)(H,72,83)/t15-,20-,21-,22-,23-,24-,25-,26-,27-,28-,29-,30-,31-,32-,33+,34-,35+,36+,37-,38-,39-,40-,41-,42+,43+,44+,45+,46-,47+,48-,49-,50+,51+,52-,53-,54-,55-,56-,57+,58+,59-,60+,61+,62+,63+,64+,65+,66+,67+,68-/m1/s1. The molecule has 10 heterocycles. The zero-order chi connectivity index (χ0) is 89.8. The molecule has 4 amide bonds. The highest BCUT2D eigenvalue weighted by Crippen LogP contribution is 2.41. The molecule has 0 unspecified atom stereocenters. The maximum atomic E-state index is 13.3. The van der Waals surface area contributed by atoms with Gasteiger partial charge in [-0.3, -0.25) is 19.2 Å². The summed E-state index contributed by atoms with van der Waals surface area (Å²) in [6.07, 6.45) is -96.0. The van der Waals surface area contributed by atoms with E-state index in [1.165, 1.54) is 6.92 Å². The number of hydrogen-bond acceptors (Lipinski definition) is 50. The van der Waals surface area contributed by atoms with Crippen LogP contribution in [0.5, 0.6) is 0 Å². The number of carbonyl (C=O) groups is 4. The highest BCUT2D eigenvalue weighted by molar-refractivity contribution is 5.74. The third-order valence-corrected chi connectivity index (χ3v) is 22.4. The van der Waals surface area contributed by atoms with Crippen molar-refractivity contribution < 1.29 is 247 Å². The lowest BCUT2D eigenvalue weighted by Gasteiger charge is -2.52. The van der Waals surface area contributed by atoms with Crippen LogP contribution in [0.1, 0.15) is 34.6 Å². The molecule has 31 N–H and O–H groups in total. The highest BCUT2D eigenvalue weighted by atomic mass is 16.8. The van der Waals surface area contributed by atoms with Gasteiger partial charge in [-0.2, -0.15) is 0 Å². The minimum absolute atomic E-state index is 0.842. The predicted molar refractivity (Wildman–Crippen MR) is 375 cm³/mol. The number of aliphatic hydroxyl groups excluding tert-OH is 27. The molecule has 0 aromatic heterocycles. The Labute approximate surface area is 691 Å². The molecule has 0 aliphatic carbocycles. The van der Waals surface area contributed by atoms with E-state index in [-0.39, 0.29) is 0 Å². The van der Waals surface area contributed by atoms with Crippen molar-refractivity contribution in [2.24, 2.45) is 0 Å². The van der Waals surface area contributed by atoms with Crippen LogP contribution >= 0.6 is 0 Å². The average molecular weight is 1790 g/mol. The largest absolute Gasteiger partial charge is 0.394 e. The topological polar surface area (TPSA) is 838 Å². The van der Waals surface area contributed by atoms with E-state index in [0.717, 1.165) is 27.7 Å². The van der Waals surface area contributed by atoms with Gasteiger partial charge in [0.2, 0.25) is 23.6 Å². The minimum Gasteiger partial charge on any atom is -0.394 e. The first kappa shape index (κ1) is 100. The van der Waals surface area contributed by atoms with E-state index in [2.05, 4.69) is 21.3 Å². The minimum atomic E-state index is -2.65. The molecule has 122 heavy (non-hydrogen) atoms. The van der Waals surface area contributed by atoms with Crippen LogP contribution in [0.2, 0.25) is 0 Å². The summed E-state index contributed by atoms with van der Waals surface area (Å²) in [5.41, 5.74) is 0. The van der Waals surface area contributed by atoms with Crippen molar-refractivity contribution in [1.29, 1.82) is 0 Å². The SMILES string of the molecule is CC(=O)N[C@@H]1[C@@H](O)[C@H](O[C@@H]2O[C@H](CO)[C@@H](O[C@@H]3O[C@H](CO[C@H]4O[C@H](CO)[C@@H](O)[C@H](O)[C@@H]4O)[C@@H](O)[C@H](O[C@H]4O[C@H](CO)[C@@H](O[C@@H]5O[C@H](CO)[C@@H](O[C@@H]6O[C@H](CO)[C@H](O)[C@H](O)[C@H]6O)[C@H](O)[C@H]5NC(C)=O)[C@H](O)[C@@H]4O[C@@H]4O[C@H](CO)[C@@H](O[C@@H]5O[C@H](CO)[C@H](O)[C@H](O)[C@H]5O)[C@H](O)[C@H]4NC(C)=O)[C@@H]3O)[C@H](O)[C@H]2NC(C)=O)[C@@H](CO[C@H]2O[C@H](C)[C@H](O)[C@H](O)[C@H]2O)O[C@H]1O. The lowest BCUT2D eigenvalue weighted by atomic mass is 9.93. The lowest BCUT2D eigenvalue weighted by Crippen LogP contribution is -2.71. The van der Waals surface area contributed by atoms with Crippen molar-refractivity contribution in [3.05, 3.63) is 0 Å². The second-order valence-electron chi connectivity index (χ2n) is 31.0. The molecule has 54 heteroatoms. The first-order valence-corrected chi connectivity index (χ1v) is 39.0. The van der Waals surface area contributed by atoms with E-state index >= 15 is 0 Å². The van der Waals surface area contributed by atoms with Crippen LogP contribution in [0.25, 0.3) is 0 Å². The second-order valence-corrected chi connectivity index (χ2v) is 31.0. The smallest absolute Gasteiger partial charge is 0.217 e. The lowest BCUT2D eigenvalue weighted by molar-refractivity contribution is -0.406. The fourth-order valence-electron chi connectivity index (χ4n) is 15.8. The van der Waals surface area contributed by atoms with Crippen molar-refractivity contribution in [2.45, 2.75) is 341 Å². The summed E-state index contributed by atoms with van der Waals surface area (Å²) in [5, 5.41) is 311. The summed E-state index contributed by atoms with van der Waals surface area (Å²) in [7, 11) is 0. The summed E-state index contributed by atoms with van der Waals surface area (Å²) < 4.78 is 113. The molecule has 10 aliphatic rings. The molecule has 0 spiro atoms. The van der Waals surface area contributed by atoms with Gasteiger partial charge >= 0.3 is 0 Å². The maximum absolute atomic E-state index is 13.3. The van der Waals surface area contributed by atoms with Crippen LogP contribution in [-0.4, -0.2) is 528 Å². The van der Waals surface area contributed by atoms with E-state index in [1.807, 2.05) is 0 Å². The molecule has 10 rings (SSSR count). The Kier molecular flexibility index (Phi) is 35.8. The number of rotatable bonds is 31. The van der Waals surface area contributed by atoms with Crippen LogP contribution in [0.3, 0.4) is 0 Å². The highest BCUT2D eigenvalue weighted by Gasteiger charge is 2.62. The van der Waals surface area contributed by atoms with Crippen molar-refractivity contribution in [3.8, 4) is 0 Å². The molecule has 0 bridgehead atoms. The van der Waals surface area contributed by atoms with Crippen LogP contribution in [-0.2, 0) is 109 Å². The molecule has 10 saturated heterocycles. The third kappa shape index (κ3) is 22.0. The van der Waals surface area contributed by atoms with Gasteiger partial charge in [-0.1, -0.05) is 0 Å². The molecule has 706 valence electrons. The Bertz CT molecular complexity index is 3290. The van der Waals surface area contributed by atoms with E-state index in [4.69, 9.17) is 90.0 Å². The van der Waals surface area contributed by atoms with Gasteiger partial charge in [0.05, 0.1) is 65.6 Å². The van der Waals surface area contributed by atoms with Gasteiger partial charge in [-0.25, -0.2) is 0 Å². The number of ether oxygens (including phenoxy) is 19. The van der Waals surface area contributed by atoms with Gasteiger partial charge in [-0.15, -0.1) is 0 Å². The summed E-state index contributed by atoms with van der Waals surface area (Å²) in [5.74, 6) is -3.84. The van der Waals surface area contributed by atoms with Crippen molar-refractivity contribution in [3.63, 3.8) is 0 Å². The summed E-state index contributed by atoms with van der Waals surface area (Å²) >= 11 is 0. The van der Waals surface area contributed by atoms with Crippen LogP contribution in [0.15, 0.2) is 0 Å². The van der Waals surface area contributed by atoms with E-state index in [0.29, 0.717) is 0 Å². The van der Waals surface area contributed by atoms with Crippen LogP contribution < -0.4 is 21.3 Å². The van der Waals surface area contributed by atoms with Gasteiger partial charge in [0.15, 0.2) is 62.9 Å². The van der Waals surface area contributed by atoms with Gasteiger partial charge in [0, 0.05) is 27.7 Å². The molecule has 10 fully saturated rings. The predicted octanol–water partition coefficient (Wildman–Crippen LogP) is -21.2. The first-order chi connectivity index (χ1) is 57.7. The molecular weight excluding hydrogens is 1670 g/mol. The normalized spacial score (nSPS) is 49.7. The van der Waals surface area contributed by atoms with Crippen molar-refractivity contribution in [2.75, 3.05) is 59.5 Å². The zero-order valence-corrected chi connectivity index (χ0v) is 65.7. The molecule has 0 aromatic rings. The molecular formula is C68H114N4O50. The molecule has 0 aromatic carbocycles. The van der Waals surface area contributed by atoms with Gasteiger partial charge < -0.3 is 249 Å². The molecule has 50 atom stereocenters. The molecule has 0 radical (unpaired) electrons. The van der Waals surface area contributed by atoms with E-state index in [1.54, 1.807) is 0 Å². The van der Waals surface area contributed by atoms with Gasteiger partial charge in [0.1, 0.15) is 238 Å². The maximum Gasteiger partial charge on any atom is 0.217 e. The quantitative estimate of drug-likeness (QED) is 0.0306. The fourth-order valence-corrected chi connectivity index (χ4v) is 15.8. The zero-order valence-electron chi connectivity index (χ0n) is 65.7. The number of amides is 4. The monoisotopic (exact) mass is 1790 g/mol. The summed E-state index contributed by atoms with van der Waals surface area (Å²) in [6, 6.07) is -7.84. The second kappa shape index (κ2) is 43.6. The van der Waals surface area contributed by atoms with E-state index in [9.17, 15) is 157 Å². The Morgan fingerprint density at radius 2 is 0.492 bits per heavy atom. The fraction of sp³-hybridized carbons (Fsp3) is 0.941. The number of nitrogens with one attached hydrogen (secondary N) is 4. The van der Waals surface area contributed by atoms with Crippen molar-refractivity contribution in [1.82, 2.24) is 21.3 Å². The summed E-state index contributed by atoms with van der Waals surface area (Å²) in [6.45, 7) is -4.95. The molecule has 54 nitrogen and oxygen atoms in total.